The third kappa shape index (κ3) is 3.82. The highest BCUT2D eigenvalue weighted by atomic mass is 32.2. The standard InChI is InChI=1S/C14H21NO2S/c1-3-18(16)10-12-8-11(4-7-14(12)17-2)9-15-13-5-6-13/h4,7-8,13,15H,3,5-6,9-10H2,1-2H3. The van der Waals surface area contributed by atoms with Gasteiger partial charge in [-0.3, -0.25) is 4.21 Å². The number of hydrogen-bond acceptors (Lipinski definition) is 3. The number of nitrogens with one attached hydrogen (secondary N) is 1. The van der Waals surface area contributed by atoms with Crippen LogP contribution in [0.3, 0.4) is 0 Å². The van der Waals surface area contributed by atoms with E-state index in [0.717, 1.165) is 17.9 Å². The van der Waals surface area contributed by atoms with Gasteiger partial charge in [0.15, 0.2) is 0 Å². The van der Waals surface area contributed by atoms with Gasteiger partial charge in [0.25, 0.3) is 0 Å². The average molecular weight is 267 g/mol. The van der Waals surface area contributed by atoms with E-state index in [4.69, 9.17) is 4.74 Å². The lowest BCUT2D eigenvalue weighted by Gasteiger charge is -2.11. The Hall–Kier alpha value is -0.870. The maximum absolute atomic E-state index is 11.7. The first-order chi connectivity index (χ1) is 8.72. The van der Waals surface area contributed by atoms with E-state index in [1.54, 1.807) is 7.11 Å². The SMILES string of the molecule is CCS(=O)Cc1cc(CNC2CC2)ccc1OC. The average Bonchev–Trinajstić information content (AvgIpc) is 3.20. The highest BCUT2D eigenvalue weighted by Gasteiger charge is 2.20. The van der Waals surface area contributed by atoms with Crippen LogP contribution in [0.2, 0.25) is 0 Å². The van der Waals surface area contributed by atoms with Crippen molar-refractivity contribution in [2.24, 2.45) is 0 Å². The molecule has 1 aromatic carbocycles. The number of ether oxygens (including phenoxy) is 1. The molecule has 0 amide bonds. The molecule has 0 aliphatic heterocycles. The van der Waals surface area contributed by atoms with E-state index in [-0.39, 0.29) is 0 Å². The van der Waals surface area contributed by atoms with Crippen LogP contribution in [0.1, 0.15) is 30.9 Å². The summed E-state index contributed by atoms with van der Waals surface area (Å²) in [5, 5.41) is 3.49. The zero-order chi connectivity index (χ0) is 13.0. The maximum Gasteiger partial charge on any atom is 0.123 e. The van der Waals surface area contributed by atoms with E-state index < -0.39 is 10.8 Å². The predicted octanol–water partition coefficient (Wildman–Crippen LogP) is 2.22. The molecule has 3 nitrogen and oxygen atoms in total. The smallest absolute Gasteiger partial charge is 0.123 e. The summed E-state index contributed by atoms with van der Waals surface area (Å²) in [5.74, 6) is 2.11. The molecule has 1 fully saturated rings. The Morgan fingerprint density at radius 2 is 2.22 bits per heavy atom. The van der Waals surface area contributed by atoms with Gasteiger partial charge in [-0.05, 0) is 30.5 Å². The van der Waals surface area contributed by atoms with E-state index in [1.165, 1.54) is 18.4 Å². The molecule has 1 aliphatic carbocycles. The molecule has 0 aromatic heterocycles. The molecule has 0 radical (unpaired) electrons. The third-order valence-electron chi connectivity index (χ3n) is 3.16. The Balaban J connectivity index is 2.07. The van der Waals surface area contributed by atoms with Crippen molar-refractivity contribution in [3.05, 3.63) is 29.3 Å². The summed E-state index contributed by atoms with van der Waals surface area (Å²) in [7, 11) is 0.864. The molecule has 1 N–H and O–H groups in total. The minimum atomic E-state index is -0.799. The van der Waals surface area contributed by atoms with Crippen LogP contribution in [-0.4, -0.2) is 23.1 Å². The molecule has 0 heterocycles. The number of benzene rings is 1. The molecular formula is C14H21NO2S. The van der Waals surface area contributed by atoms with Crippen LogP contribution < -0.4 is 10.1 Å². The van der Waals surface area contributed by atoms with Gasteiger partial charge in [0, 0.05) is 34.7 Å². The van der Waals surface area contributed by atoms with Crippen molar-refractivity contribution in [2.45, 2.75) is 38.1 Å². The lowest BCUT2D eigenvalue weighted by molar-refractivity contribution is 0.411. The Morgan fingerprint density at radius 1 is 1.44 bits per heavy atom. The Kier molecular flexibility index (Phi) is 4.78. The van der Waals surface area contributed by atoms with E-state index in [1.807, 2.05) is 13.0 Å². The second kappa shape index (κ2) is 6.34. The first-order valence-corrected chi connectivity index (χ1v) is 7.96. The normalized spacial score (nSPS) is 16.6. The molecular weight excluding hydrogens is 246 g/mol. The molecule has 1 unspecified atom stereocenters. The van der Waals surface area contributed by atoms with E-state index in [9.17, 15) is 4.21 Å². The monoisotopic (exact) mass is 267 g/mol. The van der Waals surface area contributed by atoms with Gasteiger partial charge in [0.05, 0.1) is 12.9 Å². The summed E-state index contributed by atoms with van der Waals surface area (Å²) in [5.41, 5.74) is 2.29. The van der Waals surface area contributed by atoms with Gasteiger partial charge in [0.2, 0.25) is 0 Å². The zero-order valence-electron chi connectivity index (χ0n) is 11.1. The molecule has 18 heavy (non-hydrogen) atoms. The van der Waals surface area contributed by atoms with Crippen LogP contribution in [0.5, 0.6) is 5.75 Å². The van der Waals surface area contributed by atoms with Crippen LogP contribution in [-0.2, 0) is 23.1 Å². The first kappa shape index (κ1) is 13.6. The molecule has 0 bridgehead atoms. The number of methoxy groups -OCH3 is 1. The maximum atomic E-state index is 11.7. The van der Waals surface area contributed by atoms with E-state index in [2.05, 4.69) is 17.4 Å². The summed E-state index contributed by atoms with van der Waals surface area (Å²) in [6.45, 7) is 2.83. The van der Waals surface area contributed by atoms with Crippen molar-refractivity contribution >= 4 is 10.8 Å². The summed E-state index contributed by atoms with van der Waals surface area (Å²) in [6.07, 6.45) is 2.59. The lowest BCUT2D eigenvalue weighted by atomic mass is 10.1. The zero-order valence-corrected chi connectivity index (χ0v) is 11.9. The second-order valence-electron chi connectivity index (χ2n) is 4.67. The van der Waals surface area contributed by atoms with Crippen LogP contribution in [0.25, 0.3) is 0 Å². The fraction of sp³-hybridized carbons (Fsp3) is 0.571. The molecule has 1 aliphatic rings. The second-order valence-corrected chi connectivity index (χ2v) is 6.42. The first-order valence-electron chi connectivity index (χ1n) is 6.47. The number of hydrogen-bond donors (Lipinski definition) is 1. The Labute approximate surface area is 111 Å². The van der Waals surface area contributed by atoms with E-state index >= 15 is 0 Å². The Morgan fingerprint density at radius 3 is 2.83 bits per heavy atom. The molecule has 2 rings (SSSR count). The topological polar surface area (TPSA) is 38.3 Å². The van der Waals surface area contributed by atoms with Gasteiger partial charge in [-0.2, -0.15) is 0 Å². The van der Waals surface area contributed by atoms with Crippen LogP contribution in [0.15, 0.2) is 18.2 Å². The summed E-state index contributed by atoms with van der Waals surface area (Å²) < 4.78 is 17.0. The summed E-state index contributed by atoms with van der Waals surface area (Å²) in [6, 6.07) is 6.88. The molecule has 0 saturated heterocycles. The van der Waals surface area contributed by atoms with Crippen molar-refractivity contribution in [3.63, 3.8) is 0 Å². The molecule has 1 saturated carbocycles. The third-order valence-corrected chi connectivity index (χ3v) is 4.43. The van der Waals surface area contributed by atoms with Crippen molar-refractivity contribution in [2.75, 3.05) is 12.9 Å². The lowest BCUT2D eigenvalue weighted by Crippen LogP contribution is -2.15. The molecule has 0 spiro atoms. The quantitative estimate of drug-likeness (QED) is 0.823. The summed E-state index contributed by atoms with van der Waals surface area (Å²) in [4.78, 5) is 0. The van der Waals surface area contributed by atoms with Crippen molar-refractivity contribution < 1.29 is 8.95 Å². The minimum absolute atomic E-state index is 0.580. The van der Waals surface area contributed by atoms with Gasteiger partial charge in [-0.1, -0.05) is 13.0 Å². The molecule has 1 atom stereocenters. The van der Waals surface area contributed by atoms with Gasteiger partial charge >= 0.3 is 0 Å². The fourth-order valence-corrected chi connectivity index (χ4v) is 2.66. The number of rotatable bonds is 7. The molecule has 4 heteroatoms. The highest BCUT2D eigenvalue weighted by Crippen LogP contribution is 2.23. The molecule has 100 valence electrons. The van der Waals surface area contributed by atoms with Crippen molar-refractivity contribution in [3.8, 4) is 5.75 Å². The predicted molar refractivity (Wildman–Crippen MR) is 75.2 cm³/mol. The van der Waals surface area contributed by atoms with Gasteiger partial charge < -0.3 is 10.1 Å². The Bertz CT molecular complexity index is 430. The highest BCUT2D eigenvalue weighted by molar-refractivity contribution is 7.84. The fourth-order valence-electron chi connectivity index (χ4n) is 1.88. The van der Waals surface area contributed by atoms with Crippen LogP contribution in [0, 0.1) is 0 Å². The van der Waals surface area contributed by atoms with Crippen LogP contribution in [0.4, 0.5) is 0 Å². The van der Waals surface area contributed by atoms with Gasteiger partial charge in [-0.15, -0.1) is 0 Å². The van der Waals surface area contributed by atoms with Crippen molar-refractivity contribution in [1.29, 1.82) is 0 Å². The minimum Gasteiger partial charge on any atom is -0.496 e. The van der Waals surface area contributed by atoms with Gasteiger partial charge in [0.1, 0.15) is 5.75 Å². The van der Waals surface area contributed by atoms with E-state index in [0.29, 0.717) is 17.5 Å². The van der Waals surface area contributed by atoms with Crippen LogP contribution >= 0.6 is 0 Å². The summed E-state index contributed by atoms with van der Waals surface area (Å²) >= 11 is 0. The largest absolute Gasteiger partial charge is 0.496 e. The molecule has 1 aromatic rings. The van der Waals surface area contributed by atoms with Gasteiger partial charge in [-0.25, -0.2) is 0 Å². The van der Waals surface area contributed by atoms with Crippen molar-refractivity contribution in [1.82, 2.24) is 5.32 Å².